The number of rotatable bonds is 6. The number of benzene rings is 1. The zero-order valence-electron chi connectivity index (χ0n) is 12.0. The second-order valence-corrected chi connectivity index (χ2v) is 5.66. The van der Waals surface area contributed by atoms with Crippen LogP contribution in [-0.4, -0.2) is 33.4 Å². The van der Waals surface area contributed by atoms with Crippen molar-refractivity contribution in [2.45, 2.75) is 19.8 Å². The number of nitrogens with two attached hydrogens (primary N) is 1. The molecule has 0 atom stereocenters. The molecule has 0 radical (unpaired) electrons. The van der Waals surface area contributed by atoms with Gasteiger partial charge in [0.15, 0.2) is 0 Å². The van der Waals surface area contributed by atoms with E-state index in [1.807, 2.05) is 6.07 Å². The summed E-state index contributed by atoms with van der Waals surface area (Å²) in [5.74, 6) is 1.38. The Labute approximate surface area is 115 Å². The summed E-state index contributed by atoms with van der Waals surface area (Å²) in [6.07, 6.45) is 0. The molecular formula is C15H24N2O2. The molecule has 0 amide bonds. The average molecular weight is 264 g/mol. The van der Waals surface area contributed by atoms with Crippen molar-refractivity contribution in [2.75, 3.05) is 38.7 Å². The summed E-state index contributed by atoms with van der Waals surface area (Å²) in [4.78, 5) is 0. The van der Waals surface area contributed by atoms with Crippen molar-refractivity contribution in [1.82, 2.24) is 0 Å². The summed E-state index contributed by atoms with van der Waals surface area (Å²) in [5.41, 5.74) is 8.26. The van der Waals surface area contributed by atoms with E-state index in [1.165, 1.54) is 5.56 Å². The highest BCUT2D eigenvalue weighted by molar-refractivity contribution is 5.52. The van der Waals surface area contributed by atoms with Gasteiger partial charge in [0.2, 0.25) is 0 Å². The zero-order chi connectivity index (χ0) is 13.9. The van der Waals surface area contributed by atoms with Gasteiger partial charge in [-0.1, -0.05) is 13.8 Å². The monoisotopic (exact) mass is 264 g/mol. The summed E-state index contributed by atoms with van der Waals surface area (Å²) >= 11 is 0. The largest absolute Gasteiger partial charge is 0.496 e. The quantitative estimate of drug-likeness (QED) is 0.827. The Morgan fingerprint density at radius 3 is 2.63 bits per heavy atom. The molecule has 19 heavy (non-hydrogen) atoms. The Morgan fingerprint density at radius 1 is 1.42 bits per heavy atom. The van der Waals surface area contributed by atoms with E-state index < -0.39 is 0 Å². The van der Waals surface area contributed by atoms with Gasteiger partial charge in [-0.15, -0.1) is 0 Å². The van der Waals surface area contributed by atoms with Gasteiger partial charge in [-0.2, -0.15) is 0 Å². The third kappa shape index (κ3) is 3.01. The summed E-state index contributed by atoms with van der Waals surface area (Å²) in [7, 11) is 1.71. The van der Waals surface area contributed by atoms with Gasteiger partial charge in [0.05, 0.1) is 20.3 Å². The molecular weight excluding hydrogens is 240 g/mol. The maximum absolute atomic E-state index is 5.82. The summed E-state index contributed by atoms with van der Waals surface area (Å²) < 4.78 is 10.7. The van der Waals surface area contributed by atoms with Crippen LogP contribution in [0.25, 0.3) is 0 Å². The maximum atomic E-state index is 5.82. The molecule has 0 unspecified atom stereocenters. The first-order valence-corrected chi connectivity index (χ1v) is 6.80. The maximum Gasteiger partial charge on any atom is 0.122 e. The highest BCUT2D eigenvalue weighted by atomic mass is 16.5. The van der Waals surface area contributed by atoms with E-state index in [0.29, 0.717) is 12.5 Å². The van der Waals surface area contributed by atoms with E-state index >= 15 is 0 Å². The van der Waals surface area contributed by atoms with Crippen LogP contribution < -0.4 is 15.8 Å². The molecule has 3 N–H and O–H groups in total. The number of ether oxygens (including phenoxy) is 2. The van der Waals surface area contributed by atoms with Crippen molar-refractivity contribution < 1.29 is 9.47 Å². The molecule has 1 aromatic rings. The molecule has 0 spiro atoms. The molecule has 106 valence electrons. The van der Waals surface area contributed by atoms with E-state index in [0.717, 1.165) is 31.2 Å². The molecule has 1 aliphatic heterocycles. The number of anilines is 1. The lowest BCUT2D eigenvalue weighted by atomic mass is 9.86. The topological polar surface area (TPSA) is 56.5 Å². The van der Waals surface area contributed by atoms with Crippen LogP contribution in [0.4, 0.5) is 5.69 Å². The van der Waals surface area contributed by atoms with E-state index in [4.69, 9.17) is 15.2 Å². The highest BCUT2D eigenvalue weighted by Crippen LogP contribution is 2.31. The first-order chi connectivity index (χ1) is 9.10. The van der Waals surface area contributed by atoms with Crippen LogP contribution >= 0.6 is 0 Å². The lowest BCUT2D eigenvalue weighted by molar-refractivity contribution is -0.0979. The Bertz CT molecular complexity index is 423. The van der Waals surface area contributed by atoms with Crippen LogP contribution in [-0.2, 0) is 4.74 Å². The molecule has 2 rings (SSSR count). The molecule has 0 bridgehead atoms. The van der Waals surface area contributed by atoms with Gasteiger partial charge in [-0.3, -0.25) is 0 Å². The third-order valence-corrected chi connectivity index (χ3v) is 3.77. The van der Waals surface area contributed by atoms with Crippen LogP contribution in [0.1, 0.15) is 25.3 Å². The number of hydrogen-bond acceptors (Lipinski definition) is 4. The Kier molecular flexibility index (Phi) is 4.32. The van der Waals surface area contributed by atoms with Crippen molar-refractivity contribution in [3.05, 3.63) is 23.8 Å². The fourth-order valence-electron chi connectivity index (χ4n) is 2.27. The van der Waals surface area contributed by atoms with Gasteiger partial charge in [0, 0.05) is 24.2 Å². The van der Waals surface area contributed by atoms with E-state index in [-0.39, 0.29) is 5.41 Å². The zero-order valence-corrected chi connectivity index (χ0v) is 12.0. The van der Waals surface area contributed by atoms with Crippen molar-refractivity contribution in [2.24, 2.45) is 11.1 Å². The molecule has 0 saturated carbocycles. The summed E-state index contributed by atoms with van der Waals surface area (Å²) in [6, 6.07) is 6.23. The smallest absolute Gasteiger partial charge is 0.122 e. The van der Waals surface area contributed by atoms with Crippen LogP contribution in [0.3, 0.4) is 0 Å². The number of nitrogens with one attached hydrogen (secondary N) is 1. The Morgan fingerprint density at radius 2 is 2.16 bits per heavy atom. The molecule has 0 aromatic heterocycles. The van der Waals surface area contributed by atoms with Gasteiger partial charge >= 0.3 is 0 Å². The summed E-state index contributed by atoms with van der Waals surface area (Å²) in [5, 5.41) is 3.47. The molecule has 1 saturated heterocycles. The fraction of sp³-hybridized carbons (Fsp3) is 0.600. The molecule has 4 heteroatoms. The minimum Gasteiger partial charge on any atom is -0.496 e. The third-order valence-electron chi connectivity index (χ3n) is 3.77. The lowest BCUT2D eigenvalue weighted by Gasteiger charge is -2.40. The molecule has 1 aliphatic rings. The fourth-order valence-corrected chi connectivity index (χ4v) is 2.27. The SMILES string of the molecule is COc1ccc(NCC2(CN)COC2)cc1C(C)C. The molecule has 1 heterocycles. The minimum atomic E-state index is 0.109. The number of hydrogen-bond donors (Lipinski definition) is 2. The van der Waals surface area contributed by atoms with Crippen LogP contribution in [0, 0.1) is 5.41 Å². The van der Waals surface area contributed by atoms with Gasteiger partial charge in [0.1, 0.15) is 5.75 Å². The van der Waals surface area contributed by atoms with E-state index in [2.05, 4.69) is 31.3 Å². The van der Waals surface area contributed by atoms with Gasteiger partial charge in [-0.05, 0) is 29.7 Å². The van der Waals surface area contributed by atoms with Crippen molar-refractivity contribution in [1.29, 1.82) is 0 Å². The van der Waals surface area contributed by atoms with Crippen molar-refractivity contribution in [3.8, 4) is 5.75 Å². The predicted molar refractivity (Wildman–Crippen MR) is 77.9 cm³/mol. The molecule has 1 fully saturated rings. The molecule has 0 aliphatic carbocycles. The second-order valence-electron chi connectivity index (χ2n) is 5.66. The van der Waals surface area contributed by atoms with Gasteiger partial charge in [-0.25, -0.2) is 0 Å². The normalized spacial score (nSPS) is 17.1. The first kappa shape index (κ1) is 14.2. The van der Waals surface area contributed by atoms with E-state index in [9.17, 15) is 0 Å². The van der Waals surface area contributed by atoms with E-state index in [1.54, 1.807) is 7.11 Å². The summed E-state index contributed by atoms with van der Waals surface area (Å²) in [6.45, 7) is 7.36. The van der Waals surface area contributed by atoms with Crippen molar-refractivity contribution in [3.63, 3.8) is 0 Å². The predicted octanol–water partition coefficient (Wildman–Crippen LogP) is 2.21. The van der Waals surface area contributed by atoms with Gasteiger partial charge < -0.3 is 20.5 Å². The Balaban J connectivity index is 2.06. The van der Waals surface area contributed by atoms with Crippen LogP contribution in [0.5, 0.6) is 5.75 Å². The highest BCUT2D eigenvalue weighted by Gasteiger charge is 2.36. The van der Waals surface area contributed by atoms with Gasteiger partial charge in [0.25, 0.3) is 0 Å². The standard InChI is InChI=1S/C15H24N2O2/c1-11(2)13-6-12(4-5-14(13)18-3)17-8-15(7-16)9-19-10-15/h4-6,11,17H,7-10,16H2,1-3H3. The molecule has 4 nitrogen and oxygen atoms in total. The lowest BCUT2D eigenvalue weighted by Crippen LogP contribution is -2.52. The van der Waals surface area contributed by atoms with Crippen LogP contribution in [0.15, 0.2) is 18.2 Å². The second kappa shape index (κ2) is 5.80. The number of methoxy groups -OCH3 is 1. The van der Waals surface area contributed by atoms with Crippen LogP contribution in [0.2, 0.25) is 0 Å². The van der Waals surface area contributed by atoms with Crippen molar-refractivity contribution >= 4 is 5.69 Å². The first-order valence-electron chi connectivity index (χ1n) is 6.80. The molecule has 1 aromatic carbocycles. The minimum absolute atomic E-state index is 0.109. The Hall–Kier alpha value is -1.26. The average Bonchev–Trinajstić information content (AvgIpc) is 2.37.